The normalized spacial score (nSPS) is 16.7. The first-order chi connectivity index (χ1) is 18.1. The predicted octanol–water partition coefficient (Wildman–Crippen LogP) is 4.69. The van der Waals surface area contributed by atoms with Crippen molar-refractivity contribution in [3.63, 3.8) is 0 Å². The van der Waals surface area contributed by atoms with Gasteiger partial charge in [-0.1, -0.05) is 0 Å². The molecule has 1 aliphatic carbocycles. The molecule has 2 N–H and O–H groups in total. The van der Waals surface area contributed by atoms with Crippen molar-refractivity contribution < 1.29 is 9.53 Å². The highest BCUT2D eigenvalue weighted by molar-refractivity contribution is 6.00. The van der Waals surface area contributed by atoms with Gasteiger partial charge in [0, 0.05) is 43.3 Å². The Morgan fingerprint density at radius 3 is 2.62 bits per heavy atom. The minimum Gasteiger partial charge on any atom is -0.494 e. The van der Waals surface area contributed by atoms with Crippen molar-refractivity contribution >= 4 is 28.0 Å². The molecule has 0 radical (unpaired) electrons. The second kappa shape index (κ2) is 9.82. The Labute approximate surface area is 217 Å². The van der Waals surface area contributed by atoms with Gasteiger partial charge in [-0.25, -0.2) is 9.97 Å². The summed E-state index contributed by atoms with van der Waals surface area (Å²) in [7, 11) is 1.67. The average molecular weight is 501 g/mol. The van der Waals surface area contributed by atoms with Gasteiger partial charge in [0.15, 0.2) is 5.82 Å². The van der Waals surface area contributed by atoms with Crippen molar-refractivity contribution in [3.05, 3.63) is 42.1 Å². The minimum absolute atomic E-state index is 0.0473. The summed E-state index contributed by atoms with van der Waals surface area (Å²) in [6.07, 6.45) is 7.44. The Bertz CT molecular complexity index is 1440. The molecule has 1 saturated heterocycles. The average Bonchev–Trinajstić information content (AvgIpc) is 3.57. The van der Waals surface area contributed by atoms with Gasteiger partial charge < -0.3 is 24.5 Å². The van der Waals surface area contributed by atoms with Crippen molar-refractivity contribution in [2.24, 2.45) is 17.6 Å². The first kappa shape index (κ1) is 24.0. The van der Waals surface area contributed by atoms with Crippen LogP contribution < -0.4 is 10.5 Å². The van der Waals surface area contributed by atoms with E-state index in [9.17, 15) is 4.79 Å². The molecule has 4 aromatic rings. The maximum Gasteiger partial charge on any atom is 0.254 e. The molecule has 0 unspecified atom stereocenters. The molecule has 0 atom stereocenters. The van der Waals surface area contributed by atoms with Crippen LogP contribution in [0.4, 0.5) is 0 Å². The Hall–Kier alpha value is -3.39. The lowest BCUT2D eigenvalue weighted by Gasteiger charge is -2.32. The fraction of sp³-hybridized carbons (Fsp3) is 0.483. The van der Waals surface area contributed by atoms with Gasteiger partial charge in [0.2, 0.25) is 0 Å². The highest BCUT2D eigenvalue weighted by Gasteiger charge is 2.28. The van der Waals surface area contributed by atoms with E-state index >= 15 is 0 Å². The summed E-state index contributed by atoms with van der Waals surface area (Å²) in [6.45, 7) is 6.07. The Morgan fingerprint density at radius 2 is 1.92 bits per heavy atom. The third kappa shape index (κ3) is 4.37. The van der Waals surface area contributed by atoms with Gasteiger partial charge in [-0.3, -0.25) is 4.79 Å². The molecule has 1 aromatic carbocycles. The molecule has 8 nitrogen and oxygen atoms in total. The summed E-state index contributed by atoms with van der Waals surface area (Å²) in [5, 5.41) is 1.12. The van der Waals surface area contributed by atoms with E-state index in [0.29, 0.717) is 29.7 Å². The van der Waals surface area contributed by atoms with Gasteiger partial charge in [0.1, 0.15) is 16.9 Å². The van der Waals surface area contributed by atoms with E-state index in [2.05, 4.69) is 28.2 Å². The van der Waals surface area contributed by atoms with Crippen molar-refractivity contribution in [3.8, 4) is 17.3 Å². The van der Waals surface area contributed by atoms with Crippen molar-refractivity contribution in [1.29, 1.82) is 0 Å². The van der Waals surface area contributed by atoms with E-state index in [1.165, 1.54) is 12.8 Å². The third-order valence-electron chi connectivity index (χ3n) is 8.09. The first-order valence-corrected chi connectivity index (χ1v) is 13.6. The van der Waals surface area contributed by atoms with Crippen LogP contribution in [0.3, 0.4) is 0 Å². The molecule has 194 valence electrons. The van der Waals surface area contributed by atoms with E-state index in [1.54, 1.807) is 7.11 Å². The number of pyridine rings is 1. The van der Waals surface area contributed by atoms with Gasteiger partial charge in [-0.2, -0.15) is 0 Å². The summed E-state index contributed by atoms with van der Waals surface area (Å²) in [5.41, 5.74) is 10.2. The number of likely N-dealkylation sites (tertiary alicyclic amines) is 1. The van der Waals surface area contributed by atoms with Crippen LogP contribution in [-0.4, -0.2) is 56.7 Å². The SMILES string of the molecule is CCn1c(-c2cc3cccnc3n2CC2CC2)nc2cc(C(=O)N3CCC(CCN)CC3)cc(OC)c21. The Kier molecular flexibility index (Phi) is 6.36. The largest absolute Gasteiger partial charge is 0.494 e. The number of aryl methyl sites for hydroxylation is 1. The van der Waals surface area contributed by atoms with Crippen LogP contribution in [-0.2, 0) is 13.1 Å². The molecule has 2 aliphatic rings. The van der Waals surface area contributed by atoms with Crippen LogP contribution in [0, 0.1) is 11.8 Å². The summed E-state index contributed by atoms with van der Waals surface area (Å²) in [4.78, 5) is 25.3. The number of hydrogen-bond donors (Lipinski definition) is 1. The van der Waals surface area contributed by atoms with Crippen LogP contribution in [0.15, 0.2) is 36.5 Å². The number of rotatable bonds is 8. The third-order valence-corrected chi connectivity index (χ3v) is 8.09. The van der Waals surface area contributed by atoms with Crippen molar-refractivity contribution in [1.82, 2.24) is 24.0 Å². The van der Waals surface area contributed by atoms with E-state index < -0.39 is 0 Å². The standard InChI is InChI=1S/C29H36N6O2/c1-3-34-26-23(15-22(17-25(26)37-2)29(36)33-13-9-19(8-11-30)10-14-33)32-28(34)24-16-21-5-4-12-31-27(21)35(24)18-20-6-7-20/h4-5,12,15-17,19-20H,3,6-11,13-14,18,30H2,1-2H3. The summed E-state index contributed by atoms with van der Waals surface area (Å²) in [6, 6.07) is 10.1. The molecule has 1 amide bonds. The zero-order chi connectivity index (χ0) is 25.5. The highest BCUT2D eigenvalue weighted by atomic mass is 16.5. The number of nitrogens with zero attached hydrogens (tertiary/aromatic N) is 5. The number of methoxy groups -OCH3 is 1. The van der Waals surface area contributed by atoms with E-state index in [0.717, 1.165) is 79.0 Å². The topological polar surface area (TPSA) is 91.2 Å². The van der Waals surface area contributed by atoms with Crippen LogP contribution in [0.2, 0.25) is 0 Å². The monoisotopic (exact) mass is 500 g/mol. The molecule has 37 heavy (non-hydrogen) atoms. The number of carbonyl (C=O) groups is 1. The molecular weight excluding hydrogens is 464 g/mol. The van der Waals surface area contributed by atoms with Crippen molar-refractivity contribution in [2.75, 3.05) is 26.7 Å². The number of fused-ring (bicyclic) bond motifs is 2. The molecule has 3 aromatic heterocycles. The second-order valence-electron chi connectivity index (χ2n) is 10.5. The van der Waals surface area contributed by atoms with Gasteiger partial charge >= 0.3 is 0 Å². The second-order valence-corrected chi connectivity index (χ2v) is 10.5. The number of aromatic nitrogens is 4. The van der Waals surface area contributed by atoms with E-state index in [-0.39, 0.29) is 5.91 Å². The minimum atomic E-state index is 0.0473. The zero-order valence-electron chi connectivity index (χ0n) is 21.8. The smallest absolute Gasteiger partial charge is 0.254 e. The van der Waals surface area contributed by atoms with Gasteiger partial charge in [-0.05, 0) is 87.7 Å². The number of imidazole rings is 1. The maximum absolute atomic E-state index is 13.5. The lowest BCUT2D eigenvalue weighted by atomic mass is 9.93. The first-order valence-electron chi connectivity index (χ1n) is 13.6. The van der Waals surface area contributed by atoms with E-state index in [4.69, 9.17) is 20.4 Å². The fourth-order valence-electron chi connectivity index (χ4n) is 5.87. The molecule has 0 bridgehead atoms. The number of hydrogen-bond acceptors (Lipinski definition) is 5. The van der Waals surface area contributed by atoms with Crippen LogP contribution in [0.1, 0.15) is 49.4 Å². The Morgan fingerprint density at radius 1 is 1.11 bits per heavy atom. The summed E-state index contributed by atoms with van der Waals surface area (Å²) in [5.74, 6) is 2.93. The molecule has 1 aliphatic heterocycles. The number of carbonyl (C=O) groups excluding carboxylic acids is 1. The Balaban J connectivity index is 1.42. The van der Waals surface area contributed by atoms with Gasteiger partial charge in [0.25, 0.3) is 5.91 Å². The molecular formula is C29H36N6O2. The van der Waals surface area contributed by atoms with Crippen LogP contribution in [0.5, 0.6) is 5.75 Å². The summed E-state index contributed by atoms with van der Waals surface area (Å²) < 4.78 is 10.4. The maximum atomic E-state index is 13.5. The zero-order valence-corrected chi connectivity index (χ0v) is 21.8. The molecule has 8 heteroatoms. The molecule has 6 rings (SSSR count). The molecule has 1 saturated carbocycles. The summed E-state index contributed by atoms with van der Waals surface area (Å²) >= 11 is 0. The number of nitrogens with two attached hydrogens (primary N) is 1. The van der Waals surface area contributed by atoms with Crippen LogP contribution >= 0.6 is 0 Å². The van der Waals surface area contributed by atoms with Gasteiger partial charge in [-0.15, -0.1) is 0 Å². The fourth-order valence-corrected chi connectivity index (χ4v) is 5.87. The number of ether oxygens (including phenoxy) is 1. The number of benzene rings is 1. The molecule has 4 heterocycles. The van der Waals surface area contributed by atoms with Crippen molar-refractivity contribution in [2.45, 2.75) is 52.1 Å². The van der Waals surface area contributed by atoms with E-state index in [1.807, 2.05) is 29.3 Å². The highest BCUT2D eigenvalue weighted by Crippen LogP contribution is 2.38. The predicted molar refractivity (Wildman–Crippen MR) is 146 cm³/mol. The molecule has 2 fully saturated rings. The molecule has 0 spiro atoms. The van der Waals surface area contributed by atoms with Gasteiger partial charge in [0.05, 0.1) is 18.3 Å². The number of amides is 1. The lowest BCUT2D eigenvalue weighted by Crippen LogP contribution is -2.38. The van der Waals surface area contributed by atoms with Crippen LogP contribution in [0.25, 0.3) is 33.6 Å². The lowest BCUT2D eigenvalue weighted by molar-refractivity contribution is 0.0687. The quantitative estimate of drug-likeness (QED) is 0.379. The number of piperidine rings is 1.